The van der Waals surface area contributed by atoms with Crippen molar-refractivity contribution in [2.24, 2.45) is 0 Å². The molecule has 3 aromatic carbocycles. The molecule has 0 heterocycles. The molecule has 3 aromatic rings. The van der Waals surface area contributed by atoms with Gasteiger partial charge in [0, 0.05) is 41.5 Å². The van der Waals surface area contributed by atoms with Crippen molar-refractivity contribution >= 4 is 17.9 Å². The Morgan fingerprint density at radius 1 is 0.690 bits per heavy atom. The van der Waals surface area contributed by atoms with E-state index in [2.05, 4.69) is 26.3 Å². The van der Waals surface area contributed by atoms with Crippen molar-refractivity contribution in [2.75, 3.05) is 0 Å². The summed E-state index contributed by atoms with van der Waals surface area (Å²) in [5.41, 5.74) is -1.58. The summed E-state index contributed by atoms with van der Waals surface area (Å²) in [7, 11) is 0. The minimum absolute atomic E-state index is 0.00470. The number of carbonyl (C=O) groups is 3. The summed E-state index contributed by atoms with van der Waals surface area (Å²) in [4.78, 5) is 35.6. The maximum atomic E-state index is 14.4. The second-order valence-corrected chi connectivity index (χ2v) is 8.19. The summed E-state index contributed by atoms with van der Waals surface area (Å²) < 4.78 is 63.9. The molecule has 0 radical (unpaired) electrons. The van der Waals surface area contributed by atoms with Crippen LogP contribution in [-0.2, 0) is 20.6 Å². The third-order valence-corrected chi connectivity index (χ3v) is 5.43. The van der Waals surface area contributed by atoms with Crippen molar-refractivity contribution in [2.45, 2.75) is 12.5 Å². The zero-order valence-electron chi connectivity index (χ0n) is 21.9. The molecule has 0 aromatic heterocycles. The van der Waals surface area contributed by atoms with E-state index < -0.39 is 35.9 Å². The fourth-order valence-electron chi connectivity index (χ4n) is 3.60. The molecule has 216 valence electrons. The molecule has 3 rings (SSSR count). The lowest BCUT2D eigenvalue weighted by atomic mass is 9.93. The Hall–Kier alpha value is -5.42. The number of hydrogen-bond acceptors (Lipinski definition) is 8. The molecular weight excluding hydrogens is 557 g/mol. The first-order valence-electron chi connectivity index (χ1n) is 11.9. The normalized spacial score (nSPS) is 11.4. The molecular formula is C31H23F3O8. The number of ether oxygens (including phenoxy) is 4. The smallest absolute Gasteiger partial charge is 0.417 e. The molecule has 0 aliphatic rings. The van der Waals surface area contributed by atoms with Gasteiger partial charge in [0.1, 0.15) is 23.0 Å². The maximum Gasteiger partial charge on any atom is 0.417 e. The van der Waals surface area contributed by atoms with Gasteiger partial charge in [0.2, 0.25) is 6.29 Å². The van der Waals surface area contributed by atoms with Gasteiger partial charge in [0.15, 0.2) is 0 Å². The van der Waals surface area contributed by atoms with Gasteiger partial charge in [-0.1, -0.05) is 38.4 Å². The second kappa shape index (κ2) is 13.3. The topological polar surface area (TPSA) is 108 Å². The number of hydrogen-bond donors (Lipinski definition) is 1. The van der Waals surface area contributed by atoms with Crippen molar-refractivity contribution in [1.82, 2.24) is 0 Å². The number of alkyl halides is 3. The van der Waals surface area contributed by atoms with E-state index in [9.17, 15) is 32.7 Å². The van der Waals surface area contributed by atoms with E-state index in [1.165, 1.54) is 36.4 Å². The van der Waals surface area contributed by atoms with Crippen LogP contribution in [0.2, 0.25) is 0 Å². The molecule has 0 spiro atoms. The van der Waals surface area contributed by atoms with E-state index in [1.807, 2.05) is 0 Å². The fraction of sp³-hybridized carbons (Fsp3) is 0.0645. The highest BCUT2D eigenvalue weighted by molar-refractivity contribution is 5.89. The molecule has 1 atom stereocenters. The van der Waals surface area contributed by atoms with Crippen LogP contribution in [0.4, 0.5) is 13.2 Å². The van der Waals surface area contributed by atoms with Crippen LogP contribution in [0.15, 0.2) is 105 Å². The molecule has 1 N–H and O–H groups in total. The summed E-state index contributed by atoms with van der Waals surface area (Å²) in [6.45, 7) is 13.3. The number of benzene rings is 3. The molecule has 11 heteroatoms. The van der Waals surface area contributed by atoms with Gasteiger partial charge < -0.3 is 24.1 Å². The summed E-state index contributed by atoms with van der Waals surface area (Å²) in [5.74, 6) is -3.29. The lowest BCUT2D eigenvalue weighted by Gasteiger charge is -2.19. The Morgan fingerprint density at radius 3 is 1.76 bits per heavy atom. The Bertz CT molecular complexity index is 1570. The summed E-state index contributed by atoms with van der Waals surface area (Å²) in [5, 5.41) is 9.69. The van der Waals surface area contributed by atoms with Crippen LogP contribution in [-0.4, -0.2) is 29.3 Å². The molecule has 0 saturated heterocycles. The first kappa shape index (κ1) is 31.1. The van der Waals surface area contributed by atoms with Gasteiger partial charge in [-0.2, -0.15) is 13.2 Å². The average molecular weight is 581 g/mol. The second-order valence-electron chi connectivity index (χ2n) is 8.19. The Morgan fingerprint density at radius 2 is 1.19 bits per heavy atom. The summed E-state index contributed by atoms with van der Waals surface area (Å²) >= 11 is 0. The van der Waals surface area contributed by atoms with Gasteiger partial charge in [0.25, 0.3) is 0 Å². The van der Waals surface area contributed by atoms with Crippen LogP contribution in [0, 0.1) is 0 Å². The van der Waals surface area contributed by atoms with E-state index in [1.54, 1.807) is 0 Å². The molecule has 0 aliphatic heterocycles. The van der Waals surface area contributed by atoms with E-state index in [-0.39, 0.29) is 45.3 Å². The lowest BCUT2D eigenvalue weighted by molar-refractivity contribution is -0.137. The quantitative estimate of drug-likeness (QED) is 0.0940. The minimum Gasteiger partial charge on any atom is -0.461 e. The SMILES string of the molecule is C=CC(=O)Oc1ccc(-c2ccc(-c3ccc(OC(O)C=C)cc3OC(=O)C=C)cc2C(F)(F)F)c(OC(=O)C=C)c1. The van der Waals surface area contributed by atoms with E-state index in [0.717, 1.165) is 42.5 Å². The molecule has 42 heavy (non-hydrogen) atoms. The molecule has 1 unspecified atom stereocenters. The van der Waals surface area contributed by atoms with E-state index in [0.29, 0.717) is 0 Å². The zero-order chi connectivity index (χ0) is 31.0. The number of halogens is 3. The number of esters is 3. The number of aliphatic hydroxyl groups is 1. The van der Waals surface area contributed by atoms with Crippen molar-refractivity contribution < 1.29 is 51.6 Å². The molecule has 0 saturated carbocycles. The highest BCUT2D eigenvalue weighted by Gasteiger charge is 2.35. The van der Waals surface area contributed by atoms with Crippen LogP contribution in [0.3, 0.4) is 0 Å². The third kappa shape index (κ3) is 7.61. The number of aliphatic hydroxyl groups excluding tert-OH is 1. The van der Waals surface area contributed by atoms with Gasteiger partial charge in [-0.25, -0.2) is 14.4 Å². The van der Waals surface area contributed by atoms with E-state index in [4.69, 9.17) is 18.9 Å². The highest BCUT2D eigenvalue weighted by Crippen LogP contribution is 2.44. The minimum atomic E-state index is -4.91. The predicted molar refractivity (Wildman–Crippen MR) is 147 cm³/mol. The number of carbonyl (C=O) groups excluding carboxylic acids is 3. The predicted octanol–water partition coefficient (Wildman–Crippen LogP) is 6.20. The fourth-order valence-corrected chi connectivity index (χ4v) is 3.60. The Labute approximate surface area is 238 Å². The van der Waals surface area contributed by atoms with Crippen molar-refractivity contribution in [1.29, 1.82) is 0 Å². The van der Waals surface area contributed by atoms with Crippen molar-refractivity contribution in [3.8, 4) is 45.3 Å². The van der Waals surface area contributed by atoms with Gasteiger partial charge in [0.05, 0.1) is 5.56 Å². The van der Waals surface area contributed by atoms with Gasteiger partial charge in [-0.3, -0.25) is 0 Å². The van der Waals surface area contributed by atoms with Gasteiger partial charge in [-0.05, 0) is 47.5 Å². The third-order valence-electron chi connectivity index (χ3n) is 5.43. The Kier molecular flexibility index (Phi) is 9.84. The van der Waals surface area contributed by atoms with Gasteiger partial charge >= 0.3 is 24.1 Å². The lowest BCUT2D eigenvalue weighted by Crippen LogP contribution is -2.12. The average Bonchev–Trinajstić information content (AvgIpc) is 2.96. The summed E-state index contributed by atoms with van der Waals surface area (Å²) in [6, 6.07) is 10.7. The largest absolute Gasteiger partial charge is 0.461 e. The zero-order valence-corrected chi connectivity index (χ0v) is 21.9. The van der Waals surface area contributed by atoms with E-state index >= 15 is 0 Å². The van der Waals surface area contributed by atoms with Crippen LogP contribution >= 0.6 is 0 Å². The standard InChI is InChI=1S/C31H23F3O8/c1-5-27(35)39-19-10-13-21(25(16-19)41-29(37)7-3)18-9-12-22(24(15-18)31(32,33)34)23-14-11-20(40-28(36)6-2)17-26(23)42-30(38)8-4/h5-17,27,35H,1-4H2. The van der Waals surface area contributed by atoms with Crippen LogP contribution in [0.1, 0.15) is 5.56 Å². The van der Waals surface area contributed by atoms with Crippen molar-refractivity contribution in [3.05, 3.63) is 111 Å². The summed E-state index contributed by atoms with van der Waals surface area (Å²) in [6.07, 6.45) is -2.66. The maximum absolute atomic E-state index is 14.4. The monoisotopic (exact) mass is 580 g/mol. The van der Waals surface area contributed by atoms with Crippen LogP contribution in [0.25, 0.3) is 22.3 Å². The molecule has 8 nitrogen and oxygen atoms in total. The first-order valence-corrected chi connectivity index (χ1v) is 11.9. The Balaban J connectivity index is 2.21. The van der Waals surface area contributed by atoms with Crippen molar-refractivity contribution in [3.63, 3.8) is 0 Å². The molecule has 0 bridgehead atoms. The highest BCUT2D eigenvalue weighted by atomic mass is 19.4. The van der Waals surface area contributed by atoms with Gasteiger partial charge in [-0.15, -0.1) is 0 Å². The first-order chi connectivity index (χ1) is 19.9. The molecule has 0 aliphatic carbocycles. The molecule has 0 fully saturated rings. The molecule has 0 amide bonds. The van der Waals surface area contributed by atoms with Crippen LogP contribution < -0.4 is 18.9 Å². The number of rotatable bonds is 11. The van der Waals surface area contributed by atoms with Crippen LogP contribution in [0.5, 0.6) is 23.0 Å².